The molecule has 0 aliphatic heterocycles. The van der Waals surface area contributed by atoms with E-state index in [0.717, 1.165) is 29.6 Å². The first-order valence-electron chi connectivity index (χ1n) is 5.83. The van der Waals surface area contributed by atoms with Gasteiger partial charge in [0.1, 0.15) is 5.76 Å². The second-order valence-electron chi connectivity index (χ2n) is 4.58. The average Bonchev–Trinajstić information content (AvgIpc) is 3.02. The van der Waals surface area contributed by atoms with Crippen LogP contribution in [0.1, 0.15) is 25.5 Å². The summed E-state index contributed by atoms with van der Waals surface area (Å²) in [6, 6.07) is 5.34. The summed E-state index contributed by atoms with van der Waals surface area (Å²) in [5, 5.41) is 3.42. The van der Waals surface area contributed by atoms with Crippen LogP contribution in [0.4, 0.5) is 0 Å². The average molecular weight is 287 g/mol. The van der Waals surface area contributed by atoms with Crippen LogP contribution >= 0.6 is 15.9 Å². The normalized spacial score (nSPS) is 18.0. The molecule has 1 N–H and O–H groups in total. The van der Waals surface area contributed by atoms with Gasteiger partial charge >= 0.3 is 0 Å². The molecule has 1 aliphatic carbocycles. The van der Waals surface area contributed by atoms with E-state index in [4.69, 9.17) is 4.42 Å². The lowest BCUT2D eigenvalue weighted by Gasteiger charge is -2.24. The van der Waals surface area contributed by atoms with Crippen molar-refractivity contribution in [1.29, 1.82) is 0 Å². The Labute approximate surface area is 105 Å². The SMILES string of the molecule is CC(CNCc1ccc(Br)o1)N(C)C1CC1. The Morgan fingerprint density at radius 3 is 2.88 bits per heavy atom. The smallest absolute Gasteiger partial charge is 0.169 e. The number of likely N-dealkylation sites (N-methyl/N-ethyl adjacent to an activating group) is 1. The molecule has 4 heteroatoms. The van der Waals surface area contributed by atoms with Crippen molar-refractivity contribution in [3.8, 4) is 0 Å². The maximum absolute atomic E-state index is 5.43. The van der Waals surface area contributed by atoms with Crippen molar-refractivity contribution < 1.29 is 4.42 Å². The third-order valence-electron chi connectivity index (χ3n) is 3.19. The molecule has 0 amide bonds. The van der Waals surface area contributed by atoms with Gasteiger partial charge in [-0.25, -0.2) is 0 Å². The molecule has 0 radical (unpaired) electrons. The van der Waals surface area contributed by atoms with Gasteiger partial charge in [-0.15, -0.1) is 0 Å². The Kier molecular flexibility index (Phi) is 4.05. The fourth-order valence-corrected chi connectivity index (χ4v) is 2.18. The summed E-state index contributed by atoms with van der Waals surface area (Å²) in [6.45, 7) is 4.07. The Morgan fingerprint density at radius 1 is 1.56 bits per heavy atom. The molecule has 1 saturated carbocycles. The zero-order valence-electron chi connectivity index (χ0n) is 9.87. The summed E-state index contributed by atoms with van der Waals surface area (Å²) in [5.41, 5.74) is 0. The summed E-state index contributed by atoms with van der Waals surface area (Å²) in [4.78, 5) is 2.46. The zero-order chi connectivity index (χ0) is 11.5. The number of rotatable bonds is 6. The zero-order valence-corrected chi connectivity index (χ0v) is 11.5. The molecule has 3 nitrogen and oxygen atoms in total. The van der Waals surface area contributed by atoms with Gasteiger partial charge in [0.25, 0.3) is 0 Å². The molecule has 90 valence electrons. The van der Waals surface area contributed by atoms with Gasteiger partial charge in [-0.3, -0.25) is 4.90 Å². The number of nitrogens with zero attached hydrogens (tertiary/aromatic N) is 1. The molecule has 2 rings (SSSR count). The molecule has 1 aliphatic rings. The van der Waals surface area contributed by atoms with Crippen LogP contribution < -0.4 is 5.32 Å². The van der Waals surface area contributed by atoms with Crippen LogP contribution in [0.15, 0.2) is 21.2 Å². The van der Waals surface area contributed by atoms with Gasteiger partial charge in [0, 0.05) is 18.6 Å². The lowest BCUT2D eigenvalue weighted by molar-refractivity contribution is 0.239. The van der Waals surface area contributed by atoms with E-state index in [2.05, 4.69) is 40.1 Å². The minimum absolute atomic E-state index is 0.589. The van der Waals surface area contributed by atoms with Gasteiger partial charge in [0.05, 0.1) is 6.54 Å². The number of furan rings is 1. The molecule has 1 aromatic rings. The van der Waals surface area contributed by atoms with Gasteiger partial charge in [0.2, 0.25) is 0 Å². The van der Waals surface area contributed by atoms with Crippen LogP contribution in [0.5, 0.6) is 0 Å². The van der Waals surface area contributed by atoms with Crippen molar-refractivity contribution in [2.45, 2.75) is 38.4 Å². The van der Waals surface area contributed by atoms with Crippen LogP contribution in [-0.2, 0) is 6.54 Å². The van der Waals surface area contributed by atoms with E-state index in [-0.39, 0.29) is 0 Å². The summed E-state index contributed by atoms with van der Waals surface area (Å²) < 4.78 is 6.22. The van der Waals surface area contributed by atoms with E-state index < -0.39 is 0 Å². The van der Waals surface area contributed by atoms with E-state index in [1.807, 2.05) is 12.1 Å². The molecule has 1 unspecified atom stereocenters. The Morgan fingerprint density at radius 2 is 2.31 bits per heavy atom. The van der Waals surface area contributed by atoms with Crippen LogP contribution in [0.3, 0.4) is 0 Å². The fraction of sp³-hybridized carbons (Fsp3) is 0.667. The molecule has 0 aromatic carbocycles. The Balaban J connectivity index is 1.67. The highest BCUT2D eigenvalue weighted by Gasteiger charge is 2.28. The first-order chi connectivity index (χ1) is 7.66. The van der Waals surface area contributed by atoms with Gasteiger partial charge in [0.15, 0.2) is 4.67 Å². The second-order valence-corrected chi connectivity index (χ2v) is 5.36. The lowest BCUT2D eigenvalue weighted by Crippen LogP contribution is -2.38. The molecule has 0 bridgehead atoms. The molecule has 1 aromatic heterocycles. The largest absolute Gasteiger partial charge is 0.453 e. The van der Waals surface area contributed by atoms with Crippen LogP contribution in [0, 0.1) is 0 Å². The summed E-state index contributed by atoms with van der Waals surface area (Å²) in [6.07, 6.45) is 2.73. The van der Waals surface area contributed by atoms with E-state index in [1.54, 1.807) is 0 Å². The van der Waals surface area contributed by atoms with Crippen molar-refractivity contribution in [2.75, 3.05) is 13.6 Å². The first-order valence-corrected chi connectivity index (χ1v) is 6.63. The van der Waals surface area contributed by atoms with Crippen molar-refractivity contribution in [1.82, 2.24) is 10.2 Å². The lowest BCUT2D eigenvalue weighted by atomic mass is 10.3. The quantitative estimate of drug-likeness (QED) is 0.872. The Hall–Kier alpha value is -0.320. The van der Waals surface area contributed by atoms with Crippen LogP contribution in [-0.4, -0.2) is 30.6 Å². The van der Waals surface area contributed by atoms with Gasteiger partial charge in [-0.05, 0) is 54.9 Å². The maximum Gasteiger partial charge on any atom is 0.169 e. The predicted molar refractivity (Wildman–Crippen MR) is 68.4 cm³/mol. The van der Waals surface area contributed by atoms with E-state index >= 15 is 0 Å². The maximum atomic E-state index is 5.43. The highest BCUT2D eigenvalue weighted by molar-refractivity contribution is 9.10. The van der Waals surface area contributed by atoms with Gasteiger partial charge < -0.3 is 9.73 Å². The molecule has 1 fully saturated rings. The number of hydrogen-bond donors (Lipinski definition) is 1. The predicted octanol–water partition coefficient (Wildman–Crippen LogP) is 2.61. The van der Waals surface area contributed by atoms with Crippen molar-refractivity contribution in [3.63, 3.8) is 0 Å². The second kappa shape index (κ2) is 5.34. The summed E-state index contributed by atoms with van der Waals surface area (Å²) in [7, 11) is 2.22. The molecule has 1 heterocycles. The molecule has 16 heavy (non-hydrogen) atoms. The molecule has 1 atom stereocenters. The number of hydrogen-bond acceptors (Lipinski definition) is 3. The third kappa shape index (κ3) is 3.34. The van der Waals surface area contributed by atoms with Gasteiger partial charge in [-0.1, -0.05) is 0 Å². The van der Waals surface area contributed by atoms with Crippen molar-refractivity contribution in [3.05, 3.63) is 22.6 Å². The highest BCUT2D eigenvalue weighted by atomic mass is 79.9. The number of nitrogens with one attached hydrogen (secondary N) is 1. The Bertz CT molecular complexity index is 336. The first kappa shape index (κ1) is 12.1. The van der Waals surface area contributed by atoms with Gasteiger partial charge in [-0.2, -0.15) is 0 Å². The summed E-state index contributed by atoms with van der Waals surface area (Å²) >= 11 is 3.30. The molecular weight excluding hydrogens is 268 g/mol. The topological polar surface area (TPSA) is 28.4 Å². The molecule has 0 saturated heterocycles. The summed E-state index contributed by atoms with van der Waals surface area (Å²) in [5.74, 6) is 0.980. The van der Waals surface area contributed by atoms with Crippen LogP contribution in [0.25, 0.3) is 0 Å². The monoisotopic (exact) mass is 286 g/mol. The molecule has 0 spiro atoms. The van der Waals surface area contributed by atoms with E-state index in [9.17, 15) is 0 Å². The van der Waals surface area contributed by atoms with Crippen LogP contribution in [0.2, 0.25) is 0 Å². The van der Waals surface area contributed by atoms with E-state index in [0.29, 0.717) is 6.04 Å². The van der Waals surface area contributed by atoms with Crippen molar-refractivity contribution >= 4 is 15.9 Å². The minimum atomic E-state index is 0.589. The molecular formula is C12H19BrN2O. The standard InChI is InChI=1S/C12H19BrN2O/c1-9(15(2)10-3-4-10)7-14-8-11-5-6-12(13)16-11/h5-6,9-10,14H,3-4,7-8H2,1-2H3. The number of halogens is 1. The van der Waals surface area contributed by atoms with Crippen molar-refractivity contribution in [2.24, 2.45) is 0 Å². The fourth-order valence-electron chi connectivity index (χ4n) is 1.84. The van der Waals surface area contributed by atoms with E-state index in [1.165, 1.54) is 12.8 Å². The minimum Gasteiger partial charge on any atom is -0.453 e. The third-order valence-corrected chi connectivity index (χ3v) is 3.61. The highest BCUT2D eigenvalue weighted by Crippen LogP contribution is 2.26.